The number of nitrogens with zero attached hydrogens (tertiary/aromatic N) is 1. The maximum atomic E-state index is 12.9. The number of rotatable bonds is 5. The van der Waals surface area contributed by atoms with Gasteiger partial charge in [-0.1, -0.05) is 12.1 Å². The minimum absolute atomic E-state index is 0.0621. The number of hydrogen-bond donors (Lipinski definition) is 1. The summed E-state index contributed by atoms with van der Waals surface area (Å²) in [6.07, 6.45) is 6.63. The molecule has 1 aromatic carbocycles. The third kappa shape index (κ3) is 2.91. The first-order chi connectivity index (χ1) is 13.0. The number of ether oxygens (including phenoxy) is 1. The molecule has 2 aromatic rings. The normalized spacial score (nSPS) is 34.3. The van der Waals surface area contributed by atoms with E-state index in [2.05, 4.69) is 4.98 Å². The zero-order chi connectivity index (χ0) is 18.6. The molecule has 0 radical (unpaired) electrons. The summed E-state index contributed by atoms with van der Waals surface area (Å²) in [5, 5.41) is 0. The number of benzene rings is 1. The predicted octanol–water partition coefficient (Wildman–Crippen LogP) is 3.84. The Labute approximate surface area is 163 Å². The van der Waals surface area contributed by atoms with Gasteiger partial charge >= 0.3 is 11.7 Å². The molecule has 0 aliphatic heterocycles. The number of imidazole rings is 1. The average molecular weight is 389 g/mol. The number of carbonyl (C=O) groups excluding carboxylic acids is 1. The SMILES string of the molecule is O=C(OCCCn1c(=O)[nH]c2ccccc21)C12CC3CC(CC(Cl)(C3)C1)C2. The van der Waals surface area contributed by atoms with Crippen molar-refractivity contribution in [3.63, 3.8) is 0 Å². The monoisotopic (exact) mass is 388 g/mol. The molecule has 1 N–H and O–H groups in total. The van der Waals surface area contributed by atoms with Gasteiger partial charge in [-0.15, -0.1) is 11.6 Å². The summed E-state index contributed by atoms with van der Waals surface area (Å²) in [6.45, 7) is 0.880. The number of para-hydroxylation sites is 2. The van der Waals surface area contributed by atoms with Gasteiger partial charge in [-0.3, -0.25) is 9.36 Å². The highest BCUT2D eigenvalue weighted by Crippen LogP contribution is 2.64. The average Bonchev–Trinajstić information content (AvgIpc) is 2.91. The van der Waals surface area contributed by atoms with Gasteiger partial charge in [-0.25, -0.2) is 4.79 Å². The van der Waals surface area contributed by atoms with Gasteiger partial charge in [0.15, 0.2) is 0 Å². The third-order valence-corrected chi connectivity index (χ3v) is 7.31. The van der Waals surface area contributed by atoms with Crippen molar-refractivity contribution in [2.75, 3.05) is 6.61 Å². The number of aromatic amines is 1. The Morgan fingerprint density at radius 3 is 2.70 bits per heavy atom. The molecular formula is C21H25ClN2O3. The fourth-order valence-electron chi connectivity index (χ4n) is 6.26. The Morgan fingerprint density at radius 2 is 1.96 bits per heavy atom. The summed E-state index contributed by atoms with van der Waals surface area (Å²) in [7, 11) is 0. The molecule has 27 heavy (non-hydrogen) atoms. The molecule has 2 atom stereocenters. The van der Waals surface area contributed by atoms with E-state index in [1.807, 2.05) is 24.3 Å². The van der Waals surface area contributed by atoms with E-state index in [4.69, 9.17) is 16.3 Å². The van der Waals surface area contributed by atoms with Crippen molar-refractivity contribution in [3.8, 4) is 0 Å². The van der Waals surface area contributed by atoms with Gasteiger partial charge in [0, 0.05) is 11.4 Å². The van der Waals surface area contributed by atoms with E-state index < -0.39 is 0 Å². The molecule has 1 heterocycles. The number of carbonyl (C=O) groups is 1. The Hall–Kier alpha value is -1.75. The number of esters is 1. The lowest BCUT2D eigenvalue weighted by atomic mass is 9.49. The molecule has 4 bridgehead atoms. The van der Waals surface area contributed by atoms with Crippen LogP contribution in [0.3, 0.4) is 0 Å². The lowest BCUT2D eigenvalue weighted by Gasteiger charge is -2.58. The Bertz CT molecular complexity index is 932. The van der Waals surface area contributed by atoms with Gasteiger partial charge in [-0.2, -0.15) is 0 Å². The number of aryl methyl sites for hydroxylation is 1. The quantitative estimate of drug-likeness (QED) is 0.481. The summed E-state index contributed by atoms with van der Waals surface area (Å²) in [5.41, 5.74) is 1.25. The first-order valence-electron chi connectivity index (χ1n) is 10.0. The van der Waals surface area contributed by atoms with Gasteiger partial charge in [0.25, 0.3) is 0 Å². The van der Waals surface area contributed by atoms with Crippen LogP contribution in [0.4, 0.5) is 0 Å². The molecule has 5 nitrogen and oxygen atoms in total. The molecule has 0 amide bonds. The Kier molecular flexibility index (Phi) is 3.94. The standard InChI is InChI=1S/C21H25ClN2O3/c22-21-11-14-8-15(12-21)10-20(9-14,13-21)18(25)27-7-3-6-24-17-5-2-1-4-16(17)23-19(24)26/h1-2,4-5,14-15H,3,6-13H2,(H,23,26). The van der Waals surface area contributed by atoms with Crippen molar-refractivity contribution < 1.29 is 9.53 Å². The van der Waals surface area contributed by atoms with Crippen molar-refractivity contribution in [2.45, 2.75) is 56.4 Å². The third-order valence-electron chi connectivity index (χ3n) is 6.86. The van der Waals surface area contributed by atoms with Crippen LogP contribution in [0.25, 0.3) is 11.0 Å². The van der Waals surface area contributed by atoms with Crippen LogP contribution in [0.1, 0.15) is 44.9 Å². The zero-order valence-corrected chi connectivity index (χ0v) is 16.1. The predicted molar refractivity (Wildman–Crippen MR) is 104 cm³/mol. The second-order valence-corrected chi connectivity index (χ2v) is 9.78. The maximum Gasteiger partial charge on any atom is 0.326 e. The fraction of sp³-hybridized carbons (Fsp3) is 0.619. The lowest BCUT2D eigenvalue weighted by Crippen LogP contribution is -2.56. The van der Waals surface area contributed by atoms with E-state index in [0.717, 1.165) is 43.1 Å². The van der Waals surface area contributed by atoms with Gasteiger partial charge in [0.1, 0.15) is 0 Å². The topological polar surface area (TPSA) is 64.1 Å². The molecular weight excluding hydrogens is 364 g/mol. The number of alkyl halides is 1. The van der Waals surface area contributed by atoms with Crippen molar-refractivity contribution in [2.24, 2.45) is 17.3 Å². The van der Waals surface area contributed by atoms with E-state index in [9.17, 15) is 9.59 Å². The highest BCUT2D eigenvalue weighted by molar-refractivity contribution is 6.24. The fourth-order valence-corrected chi connectivity index (χ4v) is 6.95. The lowest BCUT2D eigenvalue weighted by molar-refractivity contribution is -0.170. The number of hydrogen-bond acceptors (Lipinski definition) is 3. The van der Waals surface area contributed by atoms with Gasteiger partial charge in [-0.05, 0) is 68.9 Å². The molecule has 4 aliphatic carbocycles. The Morgan fingerprint density at radius 1 is 1.22 bits per heavy atom. The van der Waals surface area contributed by atoms with Crippen molar-refractivity contribution in [1.82, 2.24) is 9.55 Å². The summed E-state index contributed by atoms with van der Waals surface area (Å²) < 4.78 is 7.41. The van der Waals surface area contributed by atoms with Crippen LogP contribution in [0, 0.1) is 17.3 Å². The van der Waals surface area contributed by atoms with E-state index in [1.54, 1.807) is 4.57 Å². The second-order valence-electron chi connectivity index (χ2n) is 8.98. The molecule has 6 rings (SSSR count). The van der Waals surface area contributed by atoms with Crippen molar-refractivity contribution in [3.05, 3.63) is 34.7 Å². The molecule has 2 unspecified atom stereocenters. The van der Waals surface area contributed by atoms with Crippen LogP contribution < -0.4 is 5.69 Å². The van der Waals surface area contributed by atoms with Crippen LogP contribution in [-0.2, 0) is 16.1 Å². The van der Waals surface area contributed by atoms with Crippen LogP contribution in [0.15, 0.2) is 29.1 Å². The first-order valence-corrected chi connectivity index (χ1v) is 10.4. The number of fused-ring (bicyclic) bond motifs is 1. The van der Waals surface area contributed by atoms with Crippen LogP contribution in [-0.4, -0.2) is 27.0 Å². The Balaban J connectivity index is 1.22. The van der Waals surface area contributed by atoms with Crippen LogP contribution in [0.2, 0.25) is 0 Å². The minimum Gasteiger partial charge on any atom is -0.465 e. The number of halogens is 1. The van der Waals surface area contributed by atoms with Crippen LogP contribution in [0.5, 0.6) is 0 Å². The highest BCUT2D eigenvalue weighted by atomic mass is 35.5. The van der Waals surface area contributed by atoms with Gasteiger partial charge in [0.05, 0.1) is 23.1 Å². The van der Waals surface area contributed by atoms with Crippen LogP contribution >= 0.6 is 11.6 Å². The minimum atomic E-state index is -0.358. The number of H-pyrrole nitrogens is 1. The summed E-state index contributed by atoms with van der Waals surface area (Å²) >= 11 is 6.82. The summed E-state index contributed by atoms with van der Waals surface area (Å²) in [5.74, 6) is 1.11. The largest absolute Gasteiger partial charge is 0.465 e. The molecule has 6 heteroatoms. The van der Waals surface area contributed by atoms with Gasteiger partial charge < -0.3 is 9.72 Å². The molecule has 1 aromatic heterocycles. The van der Waals surface area contributed by atoms with Gasteiger partial charge in [0.2, 0.25) is 0 Å². The first kappa shape index (κ1) is 17.4. The van der Waals surface area contributed by atoms with E-state index in [1.165, 1.54) is 6.42 Å². The van der Waals surface area contributed by atoms with E-state index in [0.29, 0.717) is 31.4 Å². The zero-order valence-electron chi connectivity index (χ0n) is 15.4. The maximum absolute atomic E-state index is 12.9. The number of nitrogens with one attached hydrogen (secondary N) is 1. The summed E-state index contributed by atoms with van der Waals surface area (Å²) in [4.78, 5) is 27.7. The van der Waals surface area contributed by atoms with E-state index >= 15 is 0 Å². The van der Waals surface area contributed by atoms with E-state index in [-0.39, 0.29) is 21.9 Å². The van der Waals surface area contributed by atoms with Crippen molar-refractivity contribution in [1.29, 1.82) is 0 Å². The smallest absolute Gasteiger partial charge is 0.326 e. The molecule has 144 valence electrons. The second kappa shape index (κ2) is 6.13. The van der Waals surface area contributed by atoms with Crippen molar-refractivity contribution >= 4 is 28.6 Å². The molecule has 0 saturated heterocycles. The molecule has 0 spiro atoms. The molecule has 4 aliphatic rings. The summed E-state index contributed by atoms with van der Waals surface area (Å²) in [6, 6.07) is 7.64. The number of aromatic nitrogens is 2. The molecule has 4 saturated carbocycles. The highest BCUT2D eigenvalue weighted by Gasteiger charge is 2.60. The molecule has 4 fully saturated rings.